The van der Waals surface area contributed by atoms with Crippen molar-refractivity contribution in [3.63, 3.8) is 0 Å². The molecule has 2 N–H and O–H groups in total. The second kappa shape index (κ2) is 7.98. The summed E-state index contributed by atoms with van der Waals surface area (Å²) in [4.78, 5) is 13.0. The van der Waals surface area contributed by atoms with Crippen LogP contribution in [0, 0.1) is 19.8 Å². The lowest BCUT2D eigenvalue weighted by molar-refractivity contribution is 0.238. The number of hydrogen-bond acceptors (Lipinski definition) is 3. The van der Waals surface area contributed by atoms with Crippen LogP contribution >= 0.6 is 11.3 Å². The lowest BCUT2D eigenvalue weighted by Gasteiger charge is -2.14. The number of aromatic nitrogens is 2. The molecule has 1 atom stereocenters. The Bertz CT molecular complexity index is 591. The molecule has 0 radical (unpaired) electrons. The third kappa shape index (κ3) is 5.18. The van der Waals surface area contributed by atoms with Gasteiger partial charge in [0.05, 0.1) is 5.69 Å². The van der Waals surface area contributed by atoms with Crippen LogP contribution in [0.2, 0.25) is 0 Å². The monoisotopic (exact) mass is 320 g/mol. The van der Waals surface area contributed by atoms with Gasteiger partial charge in [0, 0.05) is 30.2 Å². The van der Waals surface area contributed by atoms with Crippen molar-refractivity contribution in [1.82, 2.24) is 20.4 Å². The van der Waals surface area contributed by atoms with Crippen LogP contribution in [0.4, 0.5) is 4.79 Å². The molecule has 2 aromatic heterocycles. The molecule has 2 aromatic rings. The third-order valence-corrected chi connectivity index (χ3v) is 4.37. The highest BCUT2D eigenvalue weighted by Crippen LogP contribution is 2.08. The second-order valence-corrected chi connectivity index (χ2v) is 6.71. The largest absolute Gasteiger partial charge is 0.338 e. The highest BCUT2D eigenvalue weighted by molar-refractivity contribution is 7.09. The average Bonchev–Trinajstić information content (AvgIpc) is 3.07. The molecule has 0 aromatic carbocycles. The molecule has 6 heteroatoms. The van der Waals surface area contributed by atoms with Gasteiger partial charge in [0.25, 0.3) is 0 Å². The molecule has 22 heavy (non-hydrogen) atoms. The van der Waals surface area contributed by atoms with Crippen LogP contribution in [0.15, 0.2) is 23.6 Å². The average molecular weight is 320 g/mol. The SMILES string of the molecule is Cc1cc(C)n(CC(C)CNC(=O)NCCc2cccs2)n1. The summed E-state index contributed by atoms with van der Waals surface area (Å²) in [7, 11) is 0. The molecule has 2 rings (SSSR count). The molecule has 2 heterocycles. The van der Waals surface area contributed by atoms with E-state index in [1.54, 1.807) is 11.3 Å². The van der Waals surface area contributed by atoms with Gasteiger partial charge in [-0.25, -0.2) is 4.79 Å². The normalized spacial score (nSPS) is 12.1. The molecule has 0 aliphatic rings. The van der Waals surface area contributed by atoms with E-state index in [4.69, 9.17) is 0 Å². The molecule has 0 spiro atoms. The lowest BCUT2D eigenvalue weighted by Crippen LogP contribution is -2.39. The lowest BCUT2D eigenvalue weighted by atomic mass is 10.2. The fourth-order valence-electron chi connectivity index (χ4n) is 2.30. The Morgan fingerprint density at radius 3 is 2.86 bits per heavy atom. The van der Waals surface area contributed by atoms with Crippen molar-refractivity contribution in [1.29, 1.82) is 0 Å². The Labute approximate surface area is 135 Å². The molecule has 0 fully saturated rings. The van der Waals surface area contributed by atoms with Gasteiger partial charge in [-0.15, -0.1) is 11.3 Å². The van der Waals surface area contributed by atoms with Gasteiger partial charge < -0.3 is 10.6 Å². The number of amides is 2. The topological polar surface area (TPSA) is 59.0 Å². The number of aryl methyl sites for hydroxylation is 2. The van der Waals surface area contributed by atoms with Crippen LogP contribution in [0.5, 0.6) is 0 Å². The van der Waals surface area contributed by atoms with Gasteiger partial charge >= 0.3 is 6.03 Å². The Balaban J connectivity index is 1.64. The summed E-state index contributed by atoms with van der Waals surface area (Å²) in [6.07, 6.45) is 0.881. The maximum atomic E-state index is 11.8. The highest BCUT2D eigenvalue weighted by Gasteiger charge is 2.08. The van der Waals surface area contributed by atoms with E-state index in [0.29, 0.717) is 19.0 Å². The van der Waals surface area contributed by atoms with Gasteiger partial charge in [0.2, 0.25) is 0 Å². The first-order valence-electron chi connectivity index (χ1n) is 7.59. The first-order valence-corrected chi connectivity index (χ1v) is 8.47. The van der Waals surface area contributed by atoms with Crippen LogP contribution in [0.1, 0.15) is 23.2 Å². The number of nitrogens with zero attached hydrogens (tertiary/aromatic N) is 2. The molecule has 0 bridgehead atoms. The van der Waals surface area contributed by atoms with E-state index in [-0.39, 0.29) is 6.03 Å². The summed E-state index contributed by atoms with van der Waals surface area (Å²) in [6.45, 7) is 8.28. The first kappa shape index (κ1) is 16.5. The third-order valence-electron chi connectivity index (χ3n) is 3.44. The van der Waals surface area contributed by atoms with Gasteiger partial charge in [0.1, 0.15) is 0 Å². The number of nitrogens with one attached hydrogen (secondary N) is 2. The number of thiophene rings is 1. The number of rotatable bonds is 7. The zero-order valence-corrected chi connectivity index (χ0v) is 14.2. The van der Waals surface area contributed by atoms with Crippen LogP contribution in [0.25, 0.3) is 0 Å². The predicted octanol–water partition coefficient (Wildman–Crippen LogP) is 2.74. The van der Waals surface area contributed by atoms with Crippen molar-refractivity contribution < 1.29 is 4.79 Å². The van der Waals surface area contributed by atoms with Crippen LogP contribution < -0.4 is 10.6 Å². The van der Waals surface area contributed by atoms with Crippen LogP contribution in [-0.4, -0.2) is 28.9 Å². The quantitative estimate of drug-likeness (QED) is 0.824. The van der Waals surface area contributed by atoms with Crippen molar-refractivity contribution in [3.05, 3.63) is 39.8 Å². The summed E-state index contributed by atoms with van der Waals surface area (Å²) in [5.74, 6) is 0.334. The molecule has 0 saturated carbocycles. The second-order valence-electron chi connectivity index (χ2n) is 5.68. The minimum atomic E-state index is -0.100. The molecular weight excluding hydrogens is 296 g/mol. The Morgan fingerprint density at radius 1 is 1.41 bits per heavy atom. The summed E-state index contributed by atoms with van der Waals surface area (Å²) in [5, 5.41) is 12.3. The fraction of sp³-hybridized carbons (Fsp3) is 0.500. The summed E-state index contributed by atoms with van der Waals surface area (Å²) in [6, 6.07) is 6.08. The number of hydrogen-bond donors (Lipinski definition) is 2. The molecule has 120 valence electrons. The molecule has 2 amide bonds. The van der Waals surface area contributed by atoms with E-state index in [0.717, 1.165) is 24.4 Å². The van der Waals surface area contributed by atoms with E-state index in [9.17, 15) is 4.79 Å². The molecule has 0 aliphatic heterocycles. The number of carbonyl (C=O) groups excluding carboxylic acids is 1. The van der Waals surface area contributed by atoms with Crippen molar-refractivity contribution in [2.24, 2.45) is 5.92 Å². The van der Waals surface area contributed by atoms with Gasteiger partial charge in [-0.3, -0.25) is 4.68 Å². The maximum absolute atomic E-state index is 11.8. The fourth-order valence-corrected chi connectivity index (χ4v) is 3.01. The zero-order valence-electron chi connectivity index (χ0n) is 13.4. The first-order chi connectivity index (χ1) is 10.5. The van der Waals surface area contributed by atoms with Crippen molar-refractivity contribution in [2.45, 2.75) is 33.7 Å². The Morgan fingerprint density at radius 2 is 2.23 bits per heavy atom. The smallest absolute Gasteiger partial charge is 0.314 e. The Hall–Kier alpha value is -1.82. The minimum Gasteiger partial charge on any atom is -0.338 e. The molecule has 0 aliphatic carbocycles. The van der Waals surface area contributed by atoms with Gasteiger partial charge in [-0.1, -0.05) is 13.0 Å². The number of carbonyl (C=O) groups is 1. The van der Waals surface area contributed by atoms with Crippen molar-refractivity contribution >= 4 is 17.4 Å². The van der Waals surface area contributed by atoms with Gasteiger partial charge in [-0.05, 0) is 43.7 Å². The van der Waals surface area contributed by atoms with E-state index >= 15 is 0 Å². The molecule has 0 saturated heterocycles. The summed E-state index contributed by atoms with van der Waals surface area (Å²) in [5.41, 5.74) is 2.19. The molecular formula is C16H24N4OS. The molecule has 5 nitrogen and oxygen atoms in total. The predicted molar refractivity (Wildman–Crippen MR) is 90.3 cm³/mol. The van der Waals surface area contributed by atoms with Gasteiger partial charge in [0.15, 0.2) is 0 Å². The van der Waals surface area contributed by atoms with E-state index < -0.39 is 0 Å². The highest BCUT2D eigenvalue weighted by atomic mass is 32.1. The van der Waals surface area contributed by atoms with E-state index in [1.807, 2.05) is 17.7 Å². The Kier molecular flexibility index (Phi) is 6.00. The summed E-state index contributed by atoms with van der Waals surface area (Å²) >= 11 is 1.72. The van der Waals surface area contributed by atoms with Crippen LogP contribution in [-0.2, 0) is 13.0 Å². The van der Waals surface area contributed by atoms with Gasteiger partial charge in [-0.2, -0.15) is 5.10 Å². The molecule has 1 unspecified atom stereocenters. The summed E-state index contributed by atoms with van der Waals surface area (Å²) < 4.78 is 2.00. The van der Waals surface area contributed by atoms with Crippen LogP contribution in [0.3, 0.4) is 0 Å². The maximum Gasteiger partial charge on any atom is 0.314 e. The van der Waals surface area contributed by atoms with Crippen molar-refractivity contribution in [2.75, 3.05) is 13.1 Å². The number of urea groups is 1. The zero-order chi connectivity index (χ0) is 15.9. The van der Waals surface area contributed by atoms with Crippen molar-refractivity contribution in [3.8, 4) is 0 Å². The van der Waals surface area contributed by atoms with E-state index in [2.05, 4.69) is 47.1 Å². The van der Waals surface area contributed by atoms with E-state index in [1.165, 1.54) is 4.88 Å². The standard InChI is InChI=1S/C16H24N4OS/c1-12(11-20-14(3)9-13(2)19-20)10-18-16(21)17-7-6-15-5-4-8-22-15/h4-5,8-9,12H,6-7,10-11H2,1-3H3,(H2,17,18,21). The minimum absolute atomic E-state index is 0.100.